The van der Waals surface area contributed by atoms with Gasteiger partial charge in [0.1, 0.15) is 0 Å². The minimum Gasteiger partial charge on any atom is -0.358 e. The van der Waals surface area contributed by atoms with Gasteiger partial charge in [0.15, 0.2) is 0 Å². The van der Waals surface area contributed by atoms with Crippen molar-refractivity contribution in [3.05, 3.63) is 27.9 Å². The van der Waals surface area contributed by atoms with E-state index in [4.69, 9.17) is 23.2 Å². The molecule has 1 unspecified atom stereocenters. The summed E-state index contributed by atoms with van der Waals surface area (Å²) in [5.41, 5.74) is 3.33. The second-order valence-electron chi connectivity index (χ2n) is 6.01. The van der Waals surface area contributed by atoms with Crippen LogP contribution in [0.15, 0.2) is 12.3 Å². The van der Waals surface area contributed by atoms with Gasteiger partial charge >= 0.3 is 0 Å². The summed E-state index contributed by atoms with van der Waals surface area (Å²) in [6, 6.07) is 2.04. The standard InChI is InChI=1S/C15H18Cl2N4S/c16-11-4-10-8-21(7-9-2-1-3-18-5-9)22-20-14(10)15-13(11)12(17)6-19-15/h4,6,9,18-20H,1-3,5,7-8H2. The van der Waals surface area contributed by atoms with E-state index in [-0.39, 0.29) is 0 Å². The molecule has 0 bridgehead atoms. The number of hydrogen-bond acceptors (Lipinski definition) is 4. The lowest BCUT2D eigenvalue weighted by molar-refractivity contribution is 0.303. The Hall–Kier alpha value is -0.590. The highest BCUT2D eigenvalue weighted by molar-refractivity contribution is 7.98. The average Bonchev–Trinajstić information content (AvgIpc) is 2.91. The van der Waals surface area contributed by atoms with Crippen LogP contribution < -0.4 is 10.0 Å². The van der Waals surface area contributed by atoms with Crippen LogP contribution in [0.25, 0.3) is 10.9 Å². The highest BCUT2D eigenvalue weighted by Crippen LogP contribution is 2.41. The first-order chi connectivity index (χ1) is 10.7. The number of H-pyrrole nitrogens is 1. The van der Waals surface area contributed by atoms with Crippen LogP contribution in [0.2, 0.25) is 10.0 Å². The molecule has 3 N–H and O–H groups in total. The van der Waals surface area contributed by atoms with Crippen molar-refractivity contribution < 1.29 is 0 Å². The molecule has 0 aliphatic carbocycles. The van der Waals surface area contributed by atoms with Crippen molar-refractivity contribution in [1.29, 1.82) is 0 Å². The van der Waals surface area contributed by atoms with E-state index in [9.17, 15) is 0 Å². The quantitative estimate of drug-likeness (QED) is 0.703. The molecule has 22 heavy (non-hydrogen) atoms. The number of hydrogen-bond donors (Lipinski definition) is 3. The van der Waals surface area contributed by atoms with Crippen LogP contribution in [0.1, 0.15) is 18.4 Å². The van der Waals surface area contributed by atoms with E-state index in [0.717, 1.165) is 48.7 Å². The van der Waals surface area contributed by atoms with E-state index in [1.54, 1.807) is 18.3 Å². The SMILES string of the molecule is Clc1c[nH]c2c3c(cc(Cl)c12)CN(CC1CCCNC1)SN3. The number of fused-ring (bicyclic) bond motifs is 3. The third kappa shape index (κ3) is 2.69. The van der Waals surface area contributed by atoms with Gasteiger partial charge in [-0.05, 0) is 43.5 Å². The predicted molar refractivity (Wildman–Crippen MR) is 95.5 cm³/mol. The lowest BCUT2D eigenvalue weighted by Gasteiger charge is -2.33. The molecule has 3 heterocycles. The Balaban J connectivity index is 1.58. The first kappa shape index (κ1) is 15.0. The molecule has 2 aliphatic rings. The smallest absolute Gasteiger partial charge is 0.0742 e. The van der Waals surface area contributed by atoms with Crippen LogP contribution in [0, 0.1) is 5.92 Å². The van der Waals surface area contributed by atoms with Crippen molar-refractivity contribution in [2.75, 3.05) is 24.4 Å². The first-order valence-electron chi connectivity index (χ1n) is 7.59. The molecule has 0 amide bonds. The van der Waals surface area contributed by atoms with Gasteiger partial charge in [-0.1, -0.05) is 23.2 Å². The molecule has 2 aromatic rings. The Morgan fingerprint density at radius 1 is 1.32 bits per heavy atom. The normalized spacial score (nSPS) is 22.5. The molecule has 1 atom stereocenters. The minimum absolute atomic E-state index is 0.672. The van der Waals surface area contributed by atoms with Crippen LogP contribution >= 0.6 is 35.3 Å². The van der Waals surface area contributed by atoms with Crippen molar-refractivity contribution in [2.45, 2.75) is 19.4 Å². The van der Waals surface area contributed by atoms with E-state index in [1.165, 1.54) is 18.4 Å². The summed E-state index contributed by atoms with van der Waals surface area (Å²) >= 11 is 14.3. The molecule has 0 saturated carbocycles. The third-order valence-corrected chi connectivity index (χ3v) is 5.86. The zero-order valence-corrected chi connectivity index (χ0v) is 14.4. The molecule has 1 saturated heterocycles. The number of nitrogens with one attached hydrogen (secondary N) is 3. The minimum atomic E-state index is 0.672. The number of aromatic amines is 1. The zero-order chi connectivity index (χ0) is 15.1. The fraction of sp³-hybridized carbons (Fsp3) is 0.467. The van der Waals surface area contributed by atoms with Crippen molar-refractivity contribution in [3.63, 3.8) is 0 Å². The summed E-state index contributed by atoms with van der Waals surface area (Å²) in [6.07, 6.45) is 4.38. The van der Waals surface area contributed by atoms with Crippen molar-refractivity contribution in [3.8, 4) is 0 Å². The molecule has 1 aromatic carbocycles. The Morgan fingerprint density at radius 2 is 2.23 bits per heavy atom. The molecular formula is C15H18Cl2N4S. The number of aromatic nitrogens is 1. The number of nitrogens with zero attached hydrogens (tertiary/aromatic N) is 1. The number of benzene rings is 1. The maximum absolute atomic E-state index is 6.41. The van der Waals surface area contributed by atoms with E-state index in [0.29, 0.717) is 10.0 Å². The van der Waals surface area contributed by atoms with E-state index < -0.39 is 0 Å². The summed E-state index contributed by atoms with van der Waals surface area (Å²) in [6.45, 7) is 4.27. The number of rotatable bonds is 2. The molecule has 7 heteroatoms. The second kappa shape index (κ2) is 6.13. The molecule has 2 aliphatic heterocycles. The van der Waals surface area contributed by atoms with Crippen molar-refractivity contribution in [2.24, 2.45) is 5.92 Å². The van der Waals surface area contributed by atoms with Gasteiger partial charge in [-0.15, -0.1) is 0 Å². The van der Waals surface area contributed by atoms with E-state index >= 15 is 0 Å². The Morgan fingerprint density at radius 3 is 3.05 bits per heavy atom. The van der Waals surface area contributed by atoms with Crippen molar-refractivity contribution in [1.82, 2.24) is 14.6 Å². The summed E-state index contributed by atoms with van der Waals surface area (Å²) < 4.78 is 5.84. The average molecular weight is 357 g/mol. The fourth-order valence-corrected chi connectivity index (χ4v) is 4.90. The zero-order valence-electron chi connectivity index (χ0n) is 12.1. The summed E-state index contributed by atoms with van der Waals surface area (Å²) in [4.78, 5) is 3.23. The third-order valence-electron chi connectivity index (χ3n) is 4.43. The van der Waals surface area contributed by atoms with Gasteiger partial charge in [0.25, 0.3) is 0 Å². The molecule has 1 aromatic heterocycles. The number of piperidine rings is 1. The molecule has 118 valence electrons. The van der Waals surface area contributed by atoms with Gasteiger partial charge in [-0.25, -0.2) is 4.31 Å². The maximum atomic E-state index is 6.41. The van der Waals surface area contributed by atoms with Crippen LogP contribution in [0.3, 0.4) is 0 Å². The largest absolute Gasteiger partial charge is 0.358 e. The lowest BCUT2D eigenvalue weighted by Crippen LogP contribution is -2.37. The van der Waals surface area contributed by atoms with E-state index in [1.807, 2.05) is 6.07 Å². The highest BCUT2D eigenvalue weighted by atomic mass is 35.5. The van der Waals surface area contributed by atoms with Gasteiger partial charge in [0.05, 0.1) is 21.2 Å². The first-order valence-corrected chi connectivity index (χ1v) is 9.12. The molecule has 0 radical (unpaired) electrons. The molecular weight excluding hydrogens is 339 g/mol. The van der Waals surface area contributed by atoms with Gasteiger partial charge in [0, 0.05) is 36.8 Å². The van der Waals surface area contributed by atoms with E-state index in [2.05, 4.69) is 19.3 Å². The number of anilines is 1. The highest BCUT2D eigenvalue weighted by Gasteiger charge is 2.24. The van der Waals surface area contributed by atoms with Crippen LogP contribution in [0.4, 0.5) is 5.69 Å². The van der Waals surface area contributed by atoms with Gasteiger partial charge in [0.2, 0.25) is 0 Å². The van der Waals surface area contributed by atoms with Gasteiger partial charge in [-0.3, -0.25) is 0 Å². The summed E-state index contributed by atoms with van der Waals surface area (Å²) in [7, 11) is 0. The molecule has 0 spiro atoms. The maximum Gasteiger partial charge on any atom is 0.0742 e. The van der Waals surface area contributed by atoms with Crippen molar-refractivity contribution >= 4 is 51.9 Å². The summed E-state index contributed by atoms with van der Waals surface area (Å²) in [5.74, 6) is 0.726. The predicted octanol–water partition coefficient (Wildman–Crippen LogP) is 4.27. The molecule has 4 nitrogen and oxygen atoms in total. The topological polar surface area (TPSA) is 43.1 Å². The summed E-state index contributed by atoms with van der Waals surface area (Å²) in [5, 5.41) is 5.77. The molecule has 4 rings (SSSR count). The Labute approximate surface area is 144 Å². The second-order valence-corrected chi connectivity index (χ2v) is 7.72. The Bertz CT molecular complexity index is 696. The fourth-order valence-electron chi connectivity index (χ4n) is 3.33. The van der Waals surface area contributed by atoms with Crippen LogP contribution in [0.5, 0.6) is 0 Å². The van der Waals surface area contributed by atoms with Crippen LogP contribution in [-0.2, 0) is 6.54 Å². The van der Waals surface area contributed by atoms with Gasteiger partial charge in [-0.2, -0.15) is 0 Å². The van der Waals surface area contributed by atoms with Gasteiger partial charge < -0.3 is 15.0 Å². The monoisotopic (exact) mass is 356 g/mol. The lowest BCUT2D eigenvalue weighted by atomic mass is 9.99. The van der Waals surface area contributed by atoms with Crippen LogP contribution in [-0.4, -0.2) is 28.9 Å². The molecule has 1 fully saturated rings. The Kier molecular flexibility index (Phi) is 4.17. The number of halogens is 2.